The molecule has 0 saturated heterocycles. The lowest BCUT2D eigenvalue weighted by atomic mass is 10.1. The molecule has 2 atom stereocenters. The van der Waals surface area contributed by atoms with Gasteiger partial charge in [-0.05, 0) is 25.5 Å². The Hall–Kier alpha value is -1.55. The van der Waals surface area contributed by atoms with Gasteiger partial charge in [0.05, 0.1) is 18.1 Å². The molecule has 0 amide bonds. The van der Waals surface area contributed by atoms with Crippen molar-refractivity contribution in [2.75, 3.05) is 13.6 Å². The third-order valence-corrected chi connectivity index (χ3v) is 4.99. The zero-order valence-corrected chi connectivity index (χ0v) is 20.4. The van der Waals surface area contributed by atoms with E-state index < -0.39 is 0 Å². The first-order chi connectivity index (χ1) is 13.5. The zero-order chi connectivity index (χ0) is 20.1. The van der Waals surface area contributed by atoms with E-state index >= 15 is 0 Å². The van der Waals surface area contributed by atoms with E-state index in [0.717, 1.165) is 37.0 Å². The number of aryl methyl sites for hydroxylation is 1. The van der Waals surface area contributed by atoms with Gasteiger partial charge in [-0.3, -0.25) is 4.99 Å². The first-order valence-corrected chi connectivity index (χ1v) is 10.2. The number of nitrogens with zero attached hydrogens (tertiary/aromatic N) is 4. The van der Waals surface area contributed by atoms with Crippen LogP contribution in [0.1, 0.15) is 44.8 Å². The lowest BCUT2D eigenvalue weighted by molar-refractivity contribution is 0.223. The van der Waals surface area contributed by atoms with Gasteiger partial charge in [0.15, 0.2) is 11.8 Å². The molecule has 2 heterocycles. The van der Waals surface area contributed by atoms with E-state index in [9.17, 15) is 0 Å². The van der Waals surface area contributed by atoms with Crippen LogP contribution < -0.4 is 15.4 Å². The van der Waals surface area contributed by atoms with Crippen molar-refractivity contribution in [3.63, 3.8) is 0 Å². The molecule has 1 aromatic carbocycles. The predicted molar refractivity (Wildman–Crippen MR) is 128 cm³/mol. The van der Waals surface area contributed by atoms with Crippen LogP contribution in [0.5, 0.6) is 5.75 Å². The number of benzene rings is 1. The minimum Gasteiger partial charge on any atom is -0.487 e. The van der Waals surface area contributed by atoms with Crippen molar-refractivity contribution in [1.29, 1.82) is 0 Å². The van der Waals surface area contributed by atoms with Crippen molar-refractivity contribution in [2.45, 2.75) is 58.2 Å². The Labute approximate surface area is 194 Å². The fraction of sp³-hybridized carbons (Fsp3) is 0.550. The number of nitrogens with one attached hydrogen (secondary N) is 2. The Kier molecular flexibility index (Phi) is 9.01. The van der Waals surface area contributed by atoms with Gasteiger partial charge < -0.3 is 15.4 Å². The first-order valence-electron chi connectivity index (χ1n) is 9.78. The van der Waals surface area contributed by atoms with Gasteiger partial charge in [-0.25, -0.2) is 9.67 Å². The van der Waals surface area contributed by atoms with Gasteiger partial charge in [0.1, 0.15) is 17.7 Å². The number of ether oxygens (including phenoxy) is 1. The third-order valence-electron chi connectivity index (χ3n) is 4.68. The summed E-state index contributed by atoms with van der Waals surface area (Å²) in [5.74, 6) is 3.79. The molecule has 0 bridgehead atoms. The average Bonchev–Trinajstić information content (AvgIpc) is 3.10. The highest BCUT2D eigenvalue weighted by Gasteiger charge is 2.23. The van der Waals surface area contributed by atoms with Crippen LogP contribution in [-0.4, -0.2) is 46.5 Å². The predicted octanol–water partition coefficient (Wildman–Crippen LogP) is 3.62. The van der Waals surface area contributed by atoms with E-state index in [-0.39, 0.29) is 36.1 Å². The van der Waals surface area contributed by atoms with Gasteiger partial charge in [-0.2, -0.15) is 5.10 Å². The number of aliphatic imine (C=N–C) groups is 1. The fourth-order valence-electron chi connectivity index (χ4n) is 3.12. The number of fused-ring (bicyclic) bond motifs is 1. The van der Waals surface area contributed by atoms with Gasteiger partial charge in [-0.15, -0.1) is 24.0 Å². The number of hydrogen-bond donors (Lipinski definition) is 2. The number of halogens is 2. The number of para-hydroxylation sites is 1. The summed E-state index contributed by atoms with van der Waals surface area (Å²) in [5.41, 5.74) is 0. The molecule has 1 aliphatic rings. The van der Waals surface area contributed by atoms with Crippen molar-refractivity contribution in [1.82, 2.24) is 25.4 Å². The molecule has 160 valence electrons. The molecule has 3 rings (SSSR count). The van der Waals surface area contributed by atoms with E-state index in [2.05, 4.69) is 39.6 Å². The molecular weight excluding hydrogens is 503 g/mol. The van der Waals surface area contributed by atoms with Crippen molar-refractivity contribution in [3.8, 4) is 5.75 Å². The van der Waals surface area contributed by atoms with Gasteiger partial charge in [-0.1, -0.05) is 37.6 Å². The van der Waals surface area contributed by atoms with Gasteiger partial charge >= 0.3 is 0 Å². The monoisotopic (exact) mass is 532 g/mol. The molecule has 7 nitrogen and oxygen atoms in total. The number of hydrogen-bond acceptors (Lipinski definition) is 4. The molecule has 2 unspecified atom stereocenters. The fourth-order valence-corrected chi connectivity index (χ4v) is 3.30. The molecule has 29 heavy (non-hydrogen) atoms. The zero-order valence-electron chi connectivity index (χ0n) is 17.4. The van der Waals surface area contributed by atoms with Crippen molar-refractivity contribution in [3.05, 3.63) is 40.9 Å². The van der Waals surface area contributed by atoms with Crippen molar-refractivity contribution in [2.24, 2.45) is 4.99 Å². The first kappa shape index (κ1) is 23.7. The molecule has 0 saturated carbocycles. The molecular formula is C20H30ClIN6O. The highest BCUT2D eigenvalue weighted by molar-refractivity contribution is 14.0. The van der Waals surface area contributed by atoms with E-state index in [1.54, 1.807) is 7.05 Å². The van der Waals surface area contributed by atoms with Gasteiger partial charge in [0.2, 0.25) is 0 Å². The Bertz CT molecular complexity index is 825. The molecule has 1 aromatic heterocycles. The molecule has 2 aromatic rings. The summed E-state index contributed by atoms with van der Waals surface area (Å²) in [6.07, 6.45) is 1.86. The van der Waals surface area contributed by atoms with E-state index in [4.69, 9.17) is 16.3 Å². The highest BCUT2D eigenvalue weighted by Crippen LogP contribution is 2.24. The van der Waals surface area contributed by atoms with Crippen LogP contribution in [0, 0.1) is 0 Å². The van der Waals surface area contributed by atoms with Crippen LogP contribution in [0.3, 0.4) is 0 Å². The molecule has 0 aliphatic carbocycles. The van der Waals surface area contributed by atoms with Gasteiger partial charge in [0.25, 0.3) is 0 Å². The van der Waals surface area contributed by atoms with Crippen LogP contribution in [0.4, 0.5) is 0 Å². The maximum Gasteiger partial charge on any atom is 0.191 e. The van der Waals surface area contributed by atoms with Crippen LogP contribution in [0.15, 0.2) is 29.3 Å². The Balaban J connectivity index is 0.00000300. The summed E-state index contributed by atoms with van der Waals surface area (Å²) >= 11 is 6.15. The number of aromatic nitrogens is 3. The third kappa shape index (κ3) is 6.47. The van der Waals surface area contributed by atoms with Crippen LogP contribution in [-0.2, 0) is 13.0 Å². The second kappa shape index (κ2) is 11.0. The minimum absolute atomic E-state index is 0. The highest BCUT2D eigenvalue weighted by atomic mass is 127. The van der Waals surface area contributed by atoms with Crippen molar-refractivity contribution < 1.29 is 4.74 Å². The summed E-state index contributed by atoms with van der Waals surface area (Å²) in [6.45, 7) is 7.65. The molecule has 2 N–H and O–H groups in total. The summed E-state index contributed by atoms with van der Waals surface area (Å²) in [4.78, 5) is 8.98. The summed E-state index contributed by atoms with van der Waals surface area (Å²) in [5, 5.41) is 12.1. The lowest BCUT2D eigenvalue weighted by Gasteiger charge is -2.26. The second-order valence-corrected chi connectivity index (χ2v) is 7.82. The molecule has 0 radical (unpaired) electrons. The lowest BCUT2D eigenvalue weighted by Crippen LogP contribution is -2.48. The Morgan fingerprint density at radius 2 is 2.10 bits per heavy atom. The van der Waals surface area contributed by atoms with E-state index in [1.807, 2.05) is 35.9 Å². The molecule has 0 fully saturated rings. The Morgan fingerprint density at radius 3 is 2.79 bits per heavy atom. The summed E-state index contributed by atoms with van der Waals surface area (Å²) in [7, 11) is 1.77. The largest absolute Gasteiger partial charge is 0.487 e. The van der Waals surface area contributed by atoms with E-state index in [0.29, 0.717) is 23.2 Å². The minimum atomic E-state index is -0.0553. The number of guanidine groups is 1. The summed E-state index contributed by atoms with van der Waals surface area (Å²) < 4.78 is 7.92. The topological polar surface area (TPSA) is 76.4 Å². The van der Waals surface area contributed by atoms with E-state index in [1.165, 1.54) is 0 Å². The average molecular weight is 533 g/mol. The van der Waals surface area contributed by atoms with Crippen molar-refractivity contribution >= 4 is 41.5 Å². The normalized spacial score (nSPS) is 17.3. The maximum absolute atomic E-state index is 6.15. The van der Waals surface area contributed by atoms with Crippen LogP contribution in [0.2, 0.25) is 5.02 Å². The molecule has 0 spiro atoms. The Morgan fingerprint density at radius 1 is 1.34 bits per heavy atom. The van der Waals surface area contributed by atoms with Gasteiger partial charge in [0, 0.05) is 25.4 Å². The molecule has 1 aliphatic heterocycles. The smallest absolute Gasteiger partial charge is 0.191 e. The quantitative estimate of drug-likeness (QED) is 0.338. The number of rotatable bonds is 6. The maximum atomic E-state index is 6.15. The van der Waals surface area contributed by atoms with Crippen LogP contribution >= 0.6 is 35.6 Å². The summed E-state index contributed by atoms with van der Waals surface area (Å²) in [6, 6.07) is 7.76. The molecule has 9 heteroatoms. The SMILES string of the molecule is CN=C(NCC(C)Oc1ccccc1Cl)NC1CCc2nc(C(C)C)nn2C1.I. The van der Waals surface area contributed by atoms with Crippen LogP contribution in [0.25, 0.3) is 0 Å². The standard InChI is InChI=1S/C20H29ClN6O.HI/c1-13(2)19-25-18-10-9-15(12-27(18)26-19)24-20(22-4)23-11-14(3)28-17-8-6-5-7-16(17)21;/h5-8,13-15H,9-12H2,1-4H3,(H2,22,23,24);1H. The second-order valence-electron chi connectivity index (χ2n) is 7.41.